The molecule has 1 amide bonds. The van der Waals surface area contributed by atoms with Crippen LogP contribution in [0.3, 0.4) is 0 Å². The minimum atomic E-state index is -0.0379. The number of hydrogen-bond donors (Lipinski definition) is 1. The molecule has 2 aliphatic heterocycles. The fourth-order valence-electron chi connectivity index (χ4n) is 4.67. The van der Waals surface area contributed by atoms with Crippen LogP contribution in [-0.4, -0.2) is 45.4 Å². The Morgan fingerprint density at radius 3 is 2.76 bits per heavy atom. The smallest absolute Gasteiger partial charge is 0.231 e. The minimum Gasteiger partial charge on any atom is -0.454 e. The predicted molar refractivity (Wildman–Crippen MR) is 127 cm³/mol. The Morgan fingerprint density at radius 2 is 1.85 bits per heavy atom. The fourth-order valence-corrected chi connectivity index (χ4v) is 4.67. The van der Waals surface area contributed by atoms with E-state index < -0.39 is 0 Å². The van der Waals surface area contributed by atoms with Gasteiger partial charge in [-0.2, -0.15) is 0 Å². The molecule has 9 heteroatoms. The molecular formula is C25H26N6O3. The SMILES string of the molecule is O=C(CCc1nnc2c(N3CCCCC3)nc3ccccc3n12)NCc1ccc2c(c1)OCO2. The van der Waals surface area contributed by atoms with Crippen molar-refractivity contribution in [3.05, 3.63) is 53.9 Å². The monoisotopic (exact) mass is 458 g/mol. The van der Waals surface area contributed by atoms with E-state index in [0.29, 0.717) is 25.1 Å². The summed E-state index contributed by atoms with van der Waals surface area (Å²) in [7, 11) is 0. The van der Waals surface area contributed by atoms with Crippen LogP contribution in [0.1, 0.15) is 37.1 Å². The van der Waals surface area contributed by atoms with Crippen LogP contribution >= 0.6 is 0 Å². The lowest BCUT2D eigenvalue weighted by molar-refractivity contribution is -0.121. The van der Waals surface area contributed by atoms with Gasteiger partial charge in [0.2, 0.25) is 18.3 Å². The lowest BCUT2D eigenvalue weighted by Crippen LogP contribution is -2.30. The van der Waals surface area contributed by atoms with Crippen molar-refractivity contribution in [1.29, 1.82) is 0 Å². The average molecular weight is 459 g/mol. The number of fused-ring (bicyclic) bond motifs is 4. The van der Waals surface area contributed by atoms with Crippen molar-refractivity contribution in [3.63, 3.8) is 0 Å². The number of nitrogens with zero attached hydrogens (tertiary/aromatic N) is 5. The molecule has 4 heterocycles. The average Bonchev–Trinajstić information content (AvgIpc) is 3.53. The fraction of sp³-hybridized carbons (Fsp3) is 0.360. The summed E-state index contributed by atoms with van der Waals surface area (Å²) in [5.41, 5.74) is 3.59. The first-order valence-corrected chi connectivity index (χ1v) is 11.8. The highest BCUT2D eigenvalue weighted by Crippen LogP contribution is 2.32. The summed E-state index contributed by atoms with van der Waals surface area (Å²) >= 11 is 0. The maximum absolute atomic E-state index is 12.6. The third-order valence-corrected chi connectivity index (χ3v) is 6.44. The molecule has 0 unspecified atom stereocenters. The van der Waals surface area contributed by atoms with E-state index >= 15 is 0 Å². The highest BCUT2D eigenvalue weighted by atomic mass is 16.7. The number of aryl methyl sites for hydroxylation is 1. The number of piperidine rings is 1. The van der Waals surface area contributed by atoms with Gasteiger partial charge in [-0.1, -0.05) is 18.2 Å². The molecule has 34 heavy (non-hydrogen) atoms. The summed E-state index contributed by atoms with van der Waals surface area (Å²) < 4.78 is 12.8. The van der Waals surface area contributed by atoms with Crippen molar-refractivity contribution in [3.8, 4) is 11.5 Å². The first-order valence-electron chi connectivity index (χ1n) is 11.8. The third kappa shape index (κ3) is 3.87. The van der Waals surface area contributed by atoms with Crippen molar-refractivity contribution >= 4 is 28.4 Å². The standard InChI is InChI=1S/C25H26N6O3/c32-23(26-15-17-8-9-20-21(14-17)34-16-33-20)11-10-22-28-29-25-24(30-12-4-1-5-13-30)27-18-6-2-3-7-19(18)31(22)25/h2-3,6-9,14H,1,4-5,10-13,15-16H2,(H,26,32). The molecule has 0 atom stereocenters. The van der Waals surface area contributed by atoms with Gasteiger partial charge >= 0.3 is 0 Å². The predicted octanol–water partition coefficient (Wildman–Crippen LogP) is 3.25. The Bertz CT molecular complexity index is 1360. The van der Waals surface area contributed by atoms with Crippen molar-refractivity contribution in [2.75, 3.05) is 24.8 Å². The Morgan fingerprint density at radius 1 is 1.00 bits per heavy atom. The van der Waals surface area contributed by atoms with Crippen molar-refractivity contribution in [1.82, 2.24) is 24.9 Å². The van der Waals surface area contributed by atoms with Crippen LogP contribution in [0.5, 0.6) is 11.5 Å². The Kier molecular flexibility index (Phi) is 5.37. The normalized spacial score (nSPS) is 15.2. The molecule has 2 aromatic carbocycles. The summed E-state index contributed by atoms with van der Waals surface area (Å²) in [5.74, 6) is 3.06. The topological polar surface area (TPSA) is 93.9 Å². The van der Waals surface area contributed by atoms with Crippen LogP contribution in [0.2, 0.25) is 0 Å². The largest absolute Gasteiger partial charge is 0.454 e. The molecule has 0 aliphatic carbocycles. The molecular weight excluding hydrogens is 432 g/mol. The van der Waals surface area contributed by atoms with E-state index in [1.807, 2.05) is 42.5 Å². The number of carbonyl (C=O) groups is 1. The number of aromatic nitrogens is 4. The van der Waals surface area contributed by atoms with Gasteiger partial charge in [0.1, 0.15) is 5.82 Å². The second-order valence-corrected chi connectivity index (χ2v) is 8.71. The number of amides is 1. The molecule has 2 aromatic heterocycles. The molecule has 9 nitrogen and oxygen atoms in total. The number of carbonyl (C=O) groups excluding carboxylic acids is 1. The van der Waals surface area contributed by atoms with E-state index in [4.69, 9.17) is 14.5 Å². The highest BCUT2D eigenvalue weighted by Gasteiger charge is 2.21. The molecule has 4 aromatic rings. The molecule has 1 N–H and O–H groups in total. The lowest BCUT2D eigenvalue weighted by Gasteiger charge is -2.28. The lowest BCUT2D eigenvalue weighted by atomic mass is 10.1. The van der Waals surface area contributed by atoms with Gasteiger partial charge in [0.15, 0.2) is 17.3 Å². The van der Waals surface area contributed by atoms with Crippen molar-refractivity contribution in [2.24, 2.45) is 0 Å². The van der Waals surface area contributed by atoms with E-state index in [1.165, 1.54) is 6.42 Å². The summed E-state index contributed by atoms with van der Waals surface area (Å²) in [5, 5.41) is 12.0. The second kappa shape index (κ2) is 8.81. The highest BCUT2D eigenvalue weighted by molar-refractivity contribution is 5.83. The van der Waals surface area contributed by atoms with Crippen LogP contribution in [0.4, 0.5) is 5.82 Å². The second-order valence-electron chi connectivity index (χ2n) is 8.71. The molecule has 1 fully saturated rings. The van der Waals surface area contributed by atoms with Crippen molar-refractivity contribution < 1.29 is 14.3 Å². The molecule has 0 bridgehead atoms. The number of anilines is 1. The van der Waals surface area contributed by atoms with Gasteiger partial charge in [-0.05, 0) is 49.1 Å². The maximum Gasteiger partial charge on any atom is 0.231 e. The van der Waals surface area contributed by atoms with Gasteiger partial charge in [0, 0.05) is 32.5 Å². The zero-order chi connectivity index (χ0) is 22.9. The number of rotatable bonds is 6. The Labute approximate surface area is 196 Å². The van der Waals surface area contributed by atoms with Gasteiger partial charge in [0.25, 0.3) is 0 Å². The minimum absolute atomic E-state index is 0.0379. The zero-order valence-corrected chi connectivity index (χ0v) is 18.9. The van der Waals surface area contributed by atoms with Crippen LogP contribution in [-0.2, 0) is 17.8 Å². The summed E-state index contributed by atoms with van der Waals surface area (Å²) in [6.07, 6.45) is 4.37. The molecule has 0 radical (unpaired) electrons. The zero-order valence-electron chi connectivity index (χ0n) is 18.9. The summed E-state index contributed by atoms with van der Waals surface area (Å²) in [6, 6.07) is 13.7. The first kappa shape index (κ1) is 20.7. The van der Waals surface area contributed by atoms with E-state index in [0.717, 1.165) is 65.6 Å². The van der Waals surface area contributed by atoms with Crippen LogP contribution in [0.15, 0.2) is 42.5 Å². The van der Waals surface area contributed by atoms with Crippen LogP contribution < -0.4 is 19.7 Å². The van der Waals surface area contributed by atoms with Gasteiger partial charge in [0.05, 0.1) is 11.0 Å². The molecule has 0 spiro atoms. The Balaban J connectivity index is 1.20. The van der Waals surface area contributed by atoms with Gasteiger partial charge in [-0.15, -0.1) is 10.2 Å². The number of hydrogen-bond acceptors (Lipinski definition) is 7. The number of nitrogens with one attached hydrogen (secondary N) is 1. The van der Waals surface area contributed by atoms with E-state index in [9.17, 15) is 4.79 Å². The van der Waals surface area contributed by atoms with Gasteiger partial charge < -0.3 is 19.7 Å². The number of para-hydroxylation sites is 2. The van der Waals surface area contributed by atoms with E-state index in [2.05, 4.69) is 24.8 Å². The Hall–Kier alpha value is -3.88. The van der Waals surface area contributed by atoms with E-state index in [1.54, 1.807) is 0 Å². The first-order chi connectivity index (χ1) is 16.8. The molecule has 6 rings (SSSR count). The van der Waals surface area contributed by atoms with E-state index in [-0.39, 0.29) is 12.7 Å². The summed E-state index contributed by atoms with van der Waals surface area (Å²) in [6.45, 7) is 2.63. The molecule has 1 saturated heterocycles. The molecule has 174 valence electrons. The van der Waals surface area contributed by atoms with Crippen molar-refractivity contribution in [2.45, 2.75) is 38.6 Å². The number of ether oxygens (including phenoxy) is 2. The van der Waals surface area contributed by atoms with Gasteiger partial charge in [-0.25, -0.2) is 4.98 Å². The molecule has 0 saturated carbocycles. The third-order valence-electron chi connectivity index (χ3n) is 6.44. The molecule has 2 aliphatic rings. The quantitative estimate of drug-likeness (QED) is 0.474. The van der Waals surface area contributed by atoms with Crippen LogP contribution in [0, 0.1) is 0 Å². The number of benzene rings is 2. The van der Waals surface area contributed by atoms with Gasteiger partial charge in [-0.3, -0.25) is 9.20 Å². The summed E-state index contributed by atoms with van der Waals surface area (Å²) in [4.78, 5) is 19.8. The van der Waals surface area contributed by atoms with Crippen LogP contribution in [0.25, 0.3) is 16.7 Å². The maximum atomic E-state index is 12.6.